The van der Waals surface area contributed by atoms with Crippen LogP contribution >= 0.6 is 0 Å². The summed E-state index contributed by atoms with van der Waals surface area (Å²) >= 11 is 0. The second-order valence-corrected chi connectivity index (χ2v) is 6.87. The fraction of sp³-hybridized carbons (Fsp3) is 0.429. The Labute approximate surface area is 153 Å². The molecule has 0 radical (unpaired) electrons. The molecule has 5 heteroatoms. The number of rotatable bonds is 5. The number of esters is 2. The van der Waals surface area contributed by atoms with Crippen LogP contribution < -0.4 is 14.8 Å². The highest BCUT2D eigenvalue weighted by Gasteiger charge is 2.19. The first-order chi connectivity index (χ1) is 12.5. The van der Waals surface area contributed by atoms with Crippen LogP contribution in [0.2, 0.25) is 0 Å². The Hall–Kier alpha value is -2.56. The van der Waals surface area contributed by atoms with Crippen molar-refractivity contribution in [1.82, 2.24) is 0 Å². The Morgan fingerprint density at radius 3 is 2.31 bits per heavy atom. The van der Waals surface area contributed by atoms with Gasteiger partial charge in [0.25, 0.3) is 0 Å². The minimum atomic E-state index is -0.452. The van der Waals surface area contributed by atoms with E-state index in [1.165, 1.54) is 46.0 Å². The van der Waals surface area contributed by atoms with Gasteiger partial charge in [0, 0.05) is 42.9 Å². The first kappa shape index (κ1) is 18.2. The number of ether oxygens (including phenoxy) is 2. The third kappa shape index (κ3) is 4.34. The lowest BCUT2D eigenvalue weighted by atomic mass is 9.89. The molecule has 1 fully saturated rings. The van der Waals surface area contributed by atoms with Gasteiger partial charge in [0.15, 0.2) is 11.5 Å². The van der Waals surface area contributed by atoms with E-state index in [-0.39, 0.29) is 11.5 Å². The Balaban J connectivity index is 1.98. The van der Waals surface area contributed by atoms with Crippen molar-refractivity contribution in [2.75, 3.05) is 11.9 Å². The van der Waals surface area contributed by atoms with Crippen LogP contribution in [0.5, 0.6) is 11.5 Å². The molecule has 0 aliphatic heterocycles. The molecule has 0 saturated heterocycles. The third-order valence-electron chi connectivity index (χ3n) is 4.77. The zero-order chi connectivity index (χ0) is 18.5. The molecule has 0 spiro atoms. The minimum absolute atomic E-state index is 0.262. The van der Waals surface area contributed by atoms with Crippen molar-refractivity contribution in [3.63, 3.8) is 0 Å². The van der Waals surface area contributed by atoms with Gasteiger partial charge in [0.2, 0.25) is 0 Å². The number of carbonyl (C=O) groups is 2. The van der Waals surface area contributed by atoms with Gasteiger partial charge in [0.1, 0.15) is 0 Å². The lowest BCUT2D eigenvalue weighted by molar-refractivity contribution is -0.134. The second kappa shape index (κ2) is 8.21. The average molecular weight is 355 g/mol. The lowest BCUT2D eigenvalue weighted by Crippen LogP contribution is -2.17. The summed E-state index contributed by atoms with van der Waals surface area (Å²) < 4.78 is 10.7. The lowest BCUT2D eigenvalue weighted by Gasteiger charge is -2.23. The average Bonchev–Trinajstić information content (AvgIpc) is 2.62. The van der Waals surface area contributed by atoms with E-state index in [1.807, 2.05) is 24.3 Å². The third-order valence-corrected chi connectivity index (χ3v) is 4.77. The van der Waals surface area contributed by atoms with Crippen molar-refractivity contribution in [2.45, 2.75) is 46.0 Å². The smallest absolute Gasteiger partial charge is 0.308 e. The molecule has 5 nitrogen and oxygen atoms in total. The van der Waals surface area contributed by atoms with Crippen LogP contribution in [-0.2, 0) is 9.59 Å². The molecule has 3 rings (SSSR count). The Kier molecular flexibility index (Phi) is 5.76. The predicted molar refractivity (Wildman–Crippen MR) is 102 cm³/mol. The molecule has 1 N–H and O–H groups in total. The SMILES string of the molecule is CC(=O)Oc1cc(NCC2CCCCC2)c2ccccc2c1OC(C)=O. The number of hydrogen-bond acceptors (Lipinski definition) is 5. The highest BCUT2D eigenvalue weighted by atomic mass is 16.6. The van der Waals surface area contributed by atoms with Crippen molar-refractivity contribution in [1.29, 1.82) is 0 Å². The van der Waals surface area contributed by atoms with Gasteiger partial charge in [-0.05, 0) is 18.8 Å². The van der Waals surface area contributed by atoms with Crippen molar-refractivity contribution in [2.24, 2.45) is 5.92 Å². The quantitative estimate of drug-likeness (QED) is 0.623. The maximum absolute atomic E-state index is 11.5. The molecular weight excluding hydrogens is 330 g/mol. The van der Waals surface area contributed by atoms with E-state index in [1.54, 1.807) is 6.07 Å². The summed E-state index contributed by atoms with van der Waals surface area (Å²) in [6.07, 6.45) is 6.39. The maximum Gasteiger partial charge on any atom is 0.308 e. The van der Waals surface area contributed by atoms with Gasteiger partial charge in [-0.25, -0.2) is 0 Å². The van der Waals surface area contributed by atoms with Crippen molar-refractivity contribution in [3.05, 3.63) is 30.3 Å². The normalized spacial score (nSPS) is 14.8. The highest BCUT2D eigenvalue weighted by molar-refractivity contribution is 6.01. The van der Waals surface area contributed by atoms with Gasteiger partial charge in [-0.15, -0.1) is 0 Å². The summed E-state index contributed by atoms with van der Waals surface area (Å²) in [5.41, 5.74) is 0.887. The van der Waals surface area contributed by atoms with Crippen LogP contribution in [0.15, 0.2) is 30.3 Å². The summed E-state index contributed by atoms with van der Waals surface area (Å²) in [7, 11) is 0. The molecule has 26 heavy (non-hydrogen) atoms. The first-order valence-electron chi connectivity index (χ1n) is 9.21. The highest BCUT2D eigenvalue weighted by Crippen LogP contribution is 2.41. The molecule has 0 aromatic heterocycles. The molecular formula is C21H25NO4. The van der Waals surface area contributed by atoms with E-state index in [0.29, 0.717) is 5.92 Å². The molecule has 1 aliphatic carbocycles. The van der Waals surface area contributed by atoms with Crippen LogP contribution in [0.3, 0.4) is 0 Å². The van der Waals surface area contributed by atoms with Crippen molar-refractivity contribution in [3.8, 4) is 11.5 Å². The number of fused-ring (bicyclic) bond motifs is 1. The summed E-state index contributed by atoms with van der Waals surface area (Å²) in [6.45, 7) is 3.56. The monoisotopic (exact) mass is 355 g/mol. The number of nitrogens with one attached hydrogen (secondary N) is 1. The van der Waals surface area contributed by atoms with E-state index < -0.39 is 11.9 Å². The molecule has 0 amide bonds. The fourth-order valence-electron chi connectivity index (χ4n) is 3.59. The van der Waals surface area contributed by atoms with Gasteiger partial charge in [0.05, 0.1) is 0 Å². The van der Waals surface area contributed by atoms with Crippen molar-refractivity contribution >= 4 is 28.4 Å². The molecule has 1 saturated carbocycles. The van der Waals surface area contributed by atoms with E-state index in [4.69, 9.17) is 9.47 Å². The second-order valence-electron chi connectivity index (χ2n) is 6.87. The van der Waals surface area contributed by atoms with Crippen LogP contribution in [-0.4, -0.2) is 18.5 Å². The Morgan fingerprint density at radius 1 is 1.00 bits per heavy atom. The van der Waals surface area contributed by atoms with Crippen LogP contribution in [0.1, 0.15) is 46.0 Å². The minimum Gasteiger partial charge on any atom is -0.423 e. The molecule has 0 unspecified atom stereocenters. The van der Waals surface area contributed by atoms with Crippen molar-refractivity contribution < 1.29 is 19.1 Å². The van der Waals surface area contributed by atoms with Gasteiger partial charge in [-0.3, -0.25) is 9.59 Å². The summed E-state index contributed by atoms with van der Waals surface area (Å²) in [5, 5.41) is 5.20. The molecule has 2 aromatic rings. The van der Waals surface area contributed by atoms with Crippen LogP contribution in [0.4, 0.5) is 5.69 Å². The van der Waals surface area contributed by atoms with Gasteiger partial charge in [-0.1, -0.05) is 43.5 Å². The summed E-state index contributed by atoms with van der Waals surface area (Å²) in [5.74, 6) is 0.301. The molecule has 2 aromatic carbocycles. The van der Waals surface area contributed by atoms with E-state index in [0.717, 1.165) is 23.0 Å². The Bertz CT molecular complexity index is 809. The van der Waals surface area contributed by atoms with Crippen LogP contribution in [0.25, 0.3) is 10.8 Å². The molecule has 138 valence electrons. The maximum atomic E-state index is 11.5. The largest absolute Gasteiger partial charge is 0.423 e. The first-order valence-corrected chi connectivity index (χ1v) is 9.21. The zero-order valence-electron chi connectivity index (χ0n) is 15.3. The Morgan fingerprint density at radius 2 is 1.65 bits per heavy atom. The van der Waals surface area contributed by atoms with Gasteiger partial charge < -0.3 is 14.8 Å². The number of carbonyl (C=O) groups excluding carboxylic acids is 2. The van der Waals surface area contributed by atoms with E-state index >= 15 is 0 Å². The van der Waals surface area contributed by atoms with E-state index in [2.05, 4.69) is 5.32 Å². The molecule has 1 aliphatic rings. The number of benzene rings is 2. The van der Waals surface area contributed by atoms with E-state index in [9.17, 15) is 9.59 Å². The summed E-state index contributed by atoms with van der Waals surface area (Å²) in [4.78, 5) is 23.1. The molecule has 0 bridgehead atoms. The fourth-order valence-corrected chi connectivity index (χ4v) is 3.59. The number of anilines is 1. The summed E-state index contributed by atoms with van der Waals surface area (Å²) in [6, 6.07) is 9.41. The predicted octanol–water partition coefficient (Wildman–Crippen LogP) is 4.68. The topological polar surface area (TPSA) is 64.6 Å². The van der Waals surface area contributed by atoms with Gasteiger partial charge in [-0.2, -0.15) is 0 Å². The number of hydrogen-bond donors (Lipinski definition) is 1. The standard InChI is InChI=1S/C21H25NO4/c1-14(23)25-20-12-19(22-13-16-8-4-3-5-9-16)17-10-6-7-11-18(17)21(20)26-15(2)24/h6-7,10-12,16,22H,3-5,8-9,13H2,1-2H3. The molecule has 0 atom stereocenters. The van der Waals surface area contributed by atoms with Gasteiger partial charge >= 0.3 is 11.9 Å². The molecule has 0 heterocycles. The van der Waals surface area contributed by atoms with Crippen LogP contribution in [0, 0.1) is 5.92 Å². The zero-order valence-corrected chi connectivity index (χ0v) is 15.3.